The first kappa shape index (κ1) is 19.1. The van der Waals surface area contributed by atoms with Crippen LogP contribution in [-0.4, -0.2) is 38.9 Å². The van der Waals surface area contributed by atoms with Gasteiger partial charge >= 0.3 is 15.6 Å². The Labute approximate surface area is 127 Å². The van der Waals surface area contributed by atoms with Crippen molar-refractivity contribution in [2.24, 2.45) is 0 Å². The molecule has 0 heterocycles. The highest BCUT2D eigenvalue weighted by molar-refractivity contribution is 8.34. The van der Waals surface area contributed by atoms with Crippen molar-refractivity contribution in [2.75, 3.05) is 11.6 Å². The van der Waals surface area contributed by atoms with Crippen LogP contribution in [0.4, 0.5) is 13.2 Å². The summed E-state index contributed by atoms with van der Waals surface area (Å²) in [5.74, 6) is 0. The predicted molar refractivity (Wildman–Crippen MR) is 84.6 cm³/mol. The van der Waals surface area contributed by atoms with E-state index in [4.69, 9.17) is 3.63 Å². The Hall–Kier alpha value is 0.00688. The lowest BCUT2D eigenvalue weighted by atomic mass is 10.1. The minimum Gasteiger partial charge on any atom is -0.213 e. The summed E-state index contributed by atoms with van der Waals surface area (Å²) >= 11 is 0. The van der Waals surface area contributed by atoms with E-state index < -0.39 is 34.0 Å². The summed E-state index contributed by atoms with van der Waals surface area (Å²) in [5.41, 5.74) is -5.36. The van der Waals surface area contributed by atoms with Crippen molar-refractivity contribution in [3.05, 3.63) is 12.2 Å². The van der Waals surface area contributed by atoms with E-state index in [1.165, 1.54) is 0 Å². The van der Waals surface area contributed by atoms with E-state index in [9.17, 15) is 21.6 Å². The van der Waals surface area contributed by atoms with Gasteiger partial charge in [-0.05, 0) is 30.9 Å². The third-order valence-corrected chi connectivity index (χ3v) is 13.1. The van der Waals surface area contributed by atoms with Crippen LogP contribution in [0, 0.1) is 0 Å². The Morgan fingerprint density at radius 3 is 2.24 bits per heavy atom. The van der Waals surface area contributed by atoms with Crippen LogP contribution in [0.25, 0.3) is 0 Å². The average Bonchev–Trinajstić information content (AvgIpc) is 2.25. The van der Waals surface area contributed by atoms with Gasteiger partial charge in [0.25, 0.3) is 0 Å². The highest BCUT2D eigenvalue weighted by atomic mass is 32.3. The van der Waals surface area contributed by atoms with Gasteiger partial charge in [0.1, 0.15) is 0 Å². The molecule has 0 fully saturated rings. The van der Waals surface area contributed by atoms with Gasteiger partial charge in [-0.25, -0.2) is 3.63 Å². The van der Waals surface area contributed by atoms with Crippen molar-refractivity contribution in [2.45, 2.75) is 49.7 Å². The van der Waals surface area contributed by atoms with Crippen molar-refractivity contribution >= 4 is 28.5 Å². The molecule has 0 saturated carbocycles. The van der Waals surface area contributed by atoms with Gasteiger partial charge < -0.3 is 0 Å². The van der Waals surface area contributed by atoms with Crippen LogP contribution in [-0.2, 0) is 13.7 Å². The molecule has 1 aliphatic carbocycles. The van der Waals surface area contributed by atoms with Crippen LogP contribution in [0.1, 0.15) is 19.3 Å². The summed E-state index contributed by atoms with van der Waals surface area (Å²) < 4.78 is 65.7. The lowest BCUT2D eigenvalue weighted by Crippen LogP contribution is -2.38. The summed E-state index contributed by atoms with van der Waals surface area (Å²) in [4.78, 5) is 0. The molecule has 0 saturated heterocycles. The molecule has 0 amide bonds. The molecule has 3 nitrogen and oxygen atoms in total. The van der Waals surface area contributed by atoms with Gasteiger partial charge in [0.05, 0.1) is 8.07 Å². The average molecular weight is 365 g/mol. The van der Waals surface area contributed by atoms with E-state index >= 15 is 0 Å². The molecule has 0 aromatic carbocycles. The monoisotopic (exact) mass is 364 g/mol. The van der Waals surface area contributed by atoms with Crippen LogP contribution >= 0.6 is 10.3 Å². The SMILES string of the molecule is C[Si](C)(C)CS(C)(OS(=O)(=O)C(F)(F)F)C1C=CCCC1. The molecular formula is C12H23F3O3S2Si. The number of allylic oxidation sites excluding steroid dienone is 1. The van der Waals surface area contributed by atoms with Gasteiger partial charge in [0.15, 0.2) is 0 Å². The Morgan fingerprint density at radius 2 is 1.86 bits per heavy atom. The zero-order chi connectivity index (χ0) is 16.5. The molecule has 0 N–H and O–H groups in total. The zero-order valence-electron chi connectivity index (χ0n) is 12.7. The Bertz CT molecular complexity index is 497. The van der Waals surface area contributed by atoms with Crippen LogP contribution in [0.2, 0.25) is 19.6 Å². The summed E-state index contributed by atoms with van der Waals surface area (Å²) in [5, 5.41) is 0.208. The molecule has 1 aliphatic rings. The molecule has 2 unspecified atom stereocenters. The highest BCUT2D eigenvalue weighted by Crippen LogP contribution is 2.57. The fraction of sp³-hybridized carbons (Fsp3) is 0.833. The first-order chi connectivity index (χ1) is 9.27. The number of hydrogen-bond donors (Lipinski definition) is 0. The van der Waals surface area contributed by atoms with Crippen LogP contribution < -0.4 is 0 Å². The molecule has 2 atom stereocenters. The highest BCUT2D eigenvalue weighted by Gasteiger charge is 2.51. The number of hydrogen-bond acceptors (Lipinski definition) is 3. The molecule has 0 aliphatic heterocycles. The van der Waals surface area contributed by atoms with E-state index in [1.54, 1.807) is 6.26 Å². The summed E-state index contributed by atoms with van der Waals surface area (Å²) in [7, 11) is -9.71. The van der Waals surface area contributed by atoms with E-state index in [2.05, 4.69) is 0 Å². The fourth-order valence-corrected chi connectivity index (χ4v) is 14.3. The normalized spacial score (nSPS) is 25.4. The topological polar surface area (TPSA) is 43.4 Å². The third kappa shape index (κ3) is 5.29. The molecule has 0 aromatic heterocycles. The van der Waals surface area contributed by atoms with E-state index in [1.807, 2.05) is 31.8 Å². The maximum absolute atomic E-state index is 12.7. The molecule has 126 valence electrons. The molecule has 0 spiro atoms. The molecule has 9 heteroatoms. The van der Waals surface area contributed by atoms with Crippen molar-refractivity contribution in [3.8, 4) is 0 Å². The van der Waals surface area contributed by atoms with Crippen molar-refractivity contribution in [1.82, 2.24) is 0 Å². The molecule has 0 radical (unpaired) electrons. The van der Waals surface area contributed by atoms with Crippen LogP contribution in [0.15, 0.2) is 12.2 Å². The number of halogens is 3. The Balaban J connectivity index is 3.14. The Morgan fingerprint density at radius 1 is 1.29 bits per heavy atom. The van der Waals surface area contributed by atoms with Crippen LogP contribution in [0.3, 0.4) is 0 Å². The van der Waals surface area contributed by atoms with Gasteiger partial charge in [-0.1, -0.05) is 31.8 Å². The second-order valence-electron chi connectivity index (χ2n) is 6.64. The molecule has 0 bridgehead atoms. The summed E-state index contributed by atoms with van der Waals surface area (Å²) in [6.07, 6.45) is 7.74. The Kier molecular flexibility index (Phi) is 5.67. The largest absolute Gasteiger partial charge is 0.523 e. The summed E-state index contributed by atoms with van der Waals surface area (Å²) in [6.45, 7) is 6.02. The minimum absolute atomic E-state index is 0.227. The zero-order valence-corrected chi connectivity index (χ0v) is 15.4. The molecule has 1 rings (SSSR count). The van der Waals surface area contributed by atoms with E-state index in [0.29, 0.717) is 11.8 Å². The first-order valence-electron chi connectivity index (χ1n) is 6.71. The minimum atomic E-state index is -5.55. The van der Waals surface area contributed by atoms with Crippen LogP contribution in [0.5, 0.6) is 0 Å². The predicted octanol–water partition coefficient (Wildman–Crippen LogP) is 4.19. The van der Waals surface area contributed by atoms with Crippen molar-refractivity contribution < 1.29 is 25.2 Å². The lowest BCUT2D eigenvalue weighted by molar-refractivity contribution is -0.0496. The second-order valence-corrected chi connectivity index (χ2v) is 17.6. The van der Waals surface area contributed by atoms with Gasteiger partial charge in [-0.3, -0.25) is 0 Å². The number of rotatable bonds is 5. The van der Waals surface area contributed by atoms with Crippen molar-refractivity contribution in [1.29, 1.82) is 0 Å². The van der Waals surface area contributed by atoms with Gasteiger partial charge in [0.2, 0.25) is 0 Å². The maximum Gasteiger partial charge on any atom is 0.523 e. The van der Waals surface area contributed by atoms with Gasteiger partial charge in [-0.15, -0.1) is 10.3 Å². The quantitative estimate of drug-likeness (QED) is 0.417. The number of alkyl halides is 3. The molecule has 21 heavy (non-hydrogen) atoms. The van der Waals surface area contributed by atoms with Gasteiger partial charge in [-0.2, -0.15) is 21.6 Å². The molecule has 0 aromatic rings. The van der Waals surface area contributed by atoms with E-state index in [-0.39, 0.29) is 5.25 Å². The standard InChI is InChI=1S/C12H23F3O3S2Si/c1-19(10-21(2,3)4,11-8-6-5-7-9-11)18-20(16,17)12(13,14)15/h6,8,11H,5,7,9-10H2,1-4H3. The second kappa shape index (κ2) is 6.25. The van der Waals surface area contributed by atoms with E-state index in [0.717, 1.165) is 12.8 Å². The maximum atomic E-state index is 12.7. The third-order valence-electron chi connectivity index (χ3n) is 3.10. The lowest BCUT2D eigenvalue weighted by Gasteiger charge is -2.44. The van der Waals surface area contributed by atoms with Gasteiger partial charge in [0, 0.05) is 5.25 Å². The smallest absolute Gasteiger partial charge is 0.213 e. The summed E-state index contributed by atoms with van der Waals surface area (Å²) in [6, 6.07) is 0. The van der Waals surface area contributed by atoms with Crippen molar-refractivity contribution in [3.63, 3.8) is 0 Å². The molecular weight excluding hydrogens is 341 g/mol. The fourth-order valence-electron chi connectivity index (χ4n) is 2.48. The first-order valence-corrected chi connectivity index (χ1v) is 14.0.